The van der Waals surface area contributed by atoms with Crippen LogP contribution in [0.4, 0.5) is 11.4 Å². The zero-order valence-corrected chi connectivity index (χ0v) is 17.9. The molecular weight excluding hydrogens is 469 g/mol. The van der Waals surface area contributed by atoms with Gasteiger partial charge in [0.2, 0.25) is 0 Å². The molecule has 0 atom stereocenters. The first kappa shape index (κ1) is 20.6. The fraction of sp³-hybridized carbons (Fsp3) is 0. The molecule has 0 spiro atoms. The number of nitrogens with one attached hydrogen (secondary N) is 1. The average Bonchev–Trinajstić information content (AvgIpc) is 3.13. The number of nitro benzene ring substituents is 1. The third kappa shape index (κ3) is 3.97. The molecule has 0 aliphatic heterocycles. The Balaban J connectivity index is 1.69. The van der Waals surface area contributed by atoms with Gasteiger partial charge in [0, 0.05) is 17.7 Å². The second kappa shape index (κ2) is 8.20. The van der Waals surface area contributed by atoms with Crippen molar-refractivity contribution in [3.05, 3.63) is 85.3 Å². The highest BCUT2D eigenvalue weighted by Gasteiger charge is 2.18. The fourth-order valence-corrected chi connectivity index (χ4v) is 4.62. The van der Waals surface area contributed by atoms with Crippen molar-refractivity contribution in [2.45, 2.75) is 0 Å². The second-order valence-electron chi connectivity index (χ2n) is 6.17. The molecule has 4 aromatic rings. The summed E-state index contributed by atoms with van der Waals surface area (Å²) in [6.45, 7) is 0. The van der Waals surface area contributed by atoms with Gasteiger partial charge in [0.15, 0.2) is 0 Å². The van der Waals surface area contributed by atoms with Gasteiger partial charge < -0.3 is 5.32 Å². The number of nitro groups is 1. The molecule has 4 rings (SSSR count). The van der Waals surface area contributed by atoms with E-state index in [-0.39, 0.29) is 21.3 Å². The highest BCUT2D eigenvalue weighted by Crippen LogP contribution is 2.39. The van der Waals surface area contributed by atoms with Crippen molar-refractivity contribution in [2.75, 3.05) is 5.32 Å². The fourth-order valence-electron chi connectivity index (χ4n) is 2.79. The summed E-state index contributed by atoms with van der Waals surface area (Å²) < 4.78 is 1.00. The van der Waals surface area contributed by atoms with Gasteiger partial charge in [-0.15, -0.1) is 11.3 Å². The number of amides is 1. The summed E-state index contributed by atoms with van der Waals surface area (Å²) in [6.07, 6.45) is 0. The Morgan fingerprint density at radius 3 is 2.47 bits per heavy atom. The molecule has 0 fully saturated rings. The number of hydrogen-bond donors (Lipinski definition) is 1. The number of fused-ring (bicyclic) bond motifs is 1. The summed E-state index contributed by atoms with van der Waals surface area (Å²) in [5.41, 5.74) is 1.64. The number of anilines is 1. The summed E-state index contributed by atoms with van der Waals surface area (Å²) >= 11 is 20.2. The molecule has 0 radical (unpaired) electrons. The lowest BCUT2D eigenvalue weighted by atomic mass is 10.1. The molecule has 1 heterocycles. The molecule has 0 bridgehead atoms. The standard InChI is InChI=1S/C20H10Cl3N3O3S/c21-13-7-10(26(28)29)5-6-11(13)19(27)24-17-8-12(14(22)9-15(17)23)20-25-16-3-1-2-4-18(16)30-20/h1-9H,(H,24,27). The van der Waals surface area contributed by atoms with Gasteiger partial charge in [0.05, 0.1) is 41.5 Å². The Morgan fingerprint density at radius 2 is 1.77 bits per heavy atom. The first-order chi connectivity index (χ1) is 14.3. The molecule has 1 N–H and O–H groups in total. The molecule has 10 heteroatoms. The van der Waals surface area contributed by atoms with Crippen LogP contribution in [0.25, 0.3) is 20.8 Å². The molecule has 30 heavy (non-hydrogen) atoms. The van der Waals surface area contributed by atoms with E-state index in [0.29, 0.717) is 21.3 Å². The van der Waals surface area contributed by atoms with Crippen LogP contribution in [0.2, 0.25) is 15.1 Å². The molecule has 0 saturated heterocycles. The minimum absolute atomic E-state index is 0.0433. The van der Waals surface area contributed by atoms with Crippen LogP contribution in [0.5, 0.6) is 0 Å². The van der Waals surface area contributed by atoms with Crippen LogP contribution in [0.3, 0.4) is 0 Å². The number of non-ortho nitro benzene ring substituents is 1. The second-order valence-corrected chi connectivity index (χ2v) is 8.43. The van der Waals surface area contributed by atoms with E-state index in [2.05, 4.69) is 10.3 Å². The molecule has 0 aliphatic rings. The quantitative estimate of drug-likeness (QED) is 0.251. The van der Waals surface area contributed by atoms with Crippen molar-refractivity contribution in [3.63, 3.8) is 0 Å². The number of carbonyl (C=O) groups is 1. The maximum absolute atomic E-state index is 12.7. The van der Waals surface area contributed by atoms with Crippen LogP contribution in [0, 0.1) is 10.1 Å². The van der Waals surface area contributed by atoms with Crippen molar-refractivity contribution >= 4 is 73.6 Å². The number of halogens is 3. The highest BCUT2D eigenvalue weighted by atomic mass is 35.5. The van der Waals surface area contributed by atoms with E-state index in [1.165, 1.54) is 29.5 Å². The molecule has 1 amide bonds. The van der Waals surface area contributed by atoms with Gasteiger partial charge in [-0.2, -0.15) is 0 Å². The van der Waals surface area contributed by atoms with Crippen molar-refractivity contribution in [3.8, 4) is 10.6 Å². The highest BCUT2D eigenvalue weighted by molar-refractivity contribution is 7.21. The van der Waals surface area contributed by atoms with Gasteiger partial charge in [0.25, 0.3) is 11.6 Å². The third-order valence-corrected chi connectivity index (χ3v) is 6.25. The SMILES string of the molecule is O=C(Nc1cc(-c2nc3ccccc3s2)c(Cl)cc1Cl)c1ccc([N+](=O)[O-])cc1Cl. The van der Waals surface area contributed by atoms with Crippen LogP contribution in [-0.4, -0.2) is 15.8 Å². The summed E-state index contributed by atoms with van der Waals surface area (Å²) in [5, 5.41) is 14.8. The lowest BCUT2D eigenvalue weighted by molar-refractivity contribution is -0.384. The molecule has 150 valence electrons. The zero-order valence-electron chi connectivity index (χ0n) is 14.9. The maximum Gasteiger partial charge on any atom is 0.270 e. The van der Waals surface area contributed by atoms with Gasteiger partial charge in [-0.25, -0.2) is 4.98 Å². The molecular formula is C20H10Cl3N3O3S. The summed E-state index contributed by atoms with van der Waals surface area (Å²) in [6, 6.07) is 14.5. The number of carbonyl (C=O) groups excluding carboxylic acids is 1. The minimum atomic E-state index is -0.589. The lowest BCUT2D eigenvalue weighted by Crippen LogP contribution is -2.13. The monoisotopic (exact) mass is 477 g/mol. The third-order valence-electron chi connectivity index (χ3n) is 4.24. The van der Waals surface area contributed by atoms with Crippen LogP contribution in [0.1, 0.15) is 10.4 Å². The number of aromatic nitrogens is 1. The first-order valence-corrected chi connectivity index (χ1v) is 10.4. The van der Waals surface area contributed by atoms with Crippen LogP contribution < -0.4 is 5.32 Å². The van der Waals surface area contributed by atoms with Crippen LogP contribution >= 0.6 is 46.1 Å². The first-order valence-electron chi connectivity index (χ1n) is 8.44. The van der Waals surface area contributed by atoms with Crippen molar-refractivity contribution in [1.82, 2.24) is 4.98 Å². The van der Waals surface area contributed by atoms with Gasteiger partial charge in [-0.3, -0.25) is 14.9 Å². The number of benzene rings is 3. The van der Waals surface area contributed by atoms with E-state index in [1.807, 2.05) is 24.3 Å². The van der Waals surface area contributed by atoms with Crippen LogP contribution in [-0.2, 0) is 0 Å². The molecule has 0 unspecified atom stereocenters. The largest absolute Gasteiger partial charge is 0.321 e. The molecule has 0 saturated carbocycles. The molecule has 6 nitrogen and oxygen atoms in total. The van der Waals surface area contributed by atoms with E-state index in [1.54, 1.807) is 6.07 Å². The summed E-state index contributed by atoms with van der Waals surface area (Å²) in [4.78, 5) is 27.5. The van der Waals surface area contributed by atoms with E-state index in [4.69, 9.17) is 34.8 Å². The van der Waals surface area contributed by atoms with Gasteiger partial charge in [-0.05, 0) is 30.3 Å². The number of para-hydroxylation sites is 1. The van der Waals surface area contributed by atoms with Gasteiger partial charge >= 0.3 is 0 Å². The van der Waals surface area contributed by atoms with Crippen LogP contribution in [0.15, 0.2) is 54.6 Å². The lowest BCUT2D eigenvalue weighted by Gasteiger charge is -2.11. The molecule has 1 aromatic heterocycles. The number of thiazole rings is 1. The van der Waals surface area contributed by atoms with Gasteiger partial charge in [0.1, 0.15) is 5.01 Å². The average molecular weight is 479 g/mol. The minimum Gasteiger partial charge on any atom is -0.321 e. The topological polar surface area (TPSA) is 85.1 Å². The zero-order chi connectivity index (χ0) is 21.4. The molecule has 0 aliphatic carbocycles. The smallest absolute Gasteiger partial charge is 0.270 e. The van der Waals surface area contributed by atoms with Crippen molar-refractivity contribution < 1.29 is 9.72 Å². The van der Waals surface area contributed by atoms with E-state index in [0.717, 1.165) is 16.3 Å². The van der Waals surface area contributed by atoms with Gasteiger partial charge in [-0.1, -0.05) is 46.9 Å². The van der Waals surface area contributed by atoms with E-state index < -0.39 is 10.8 Å². The summed E-state index contributed by atoms with van der Waals surface area (Å²) in [5.74, 6) is -0.561. The predicted molar refractivity (Wildman–Crippen MR) is 121 cm³/mol. The number of hydrogen-bond acceptors (Lipinski definition) is 5. The Kier molecular flexibility index (Phi) is 5.62. The Hall–Kier alpha value is -2.71. The number of nitrogens with zero attached hydrogens (tertiary/aromatic N) is 2. The normalized spacial score (nSPS) is 10.9. The Morgan fingerprint density at radius 1 is 1.00 bits per heavy atom. The number of rotatable bonds is 4. The van der Waals surface area contributed by atoms with Crippen molar-refractivity contribution in [1.29, 1.82) is 0 Å². The van der Waals surface area contributed by atoms with Crippen molar-refractivity contribution in [2.24, 2.45) is 0 Å². The summed E-state index contributed by atoms with van der Waals surface area (Å²) in [7, 11) is 0. The van der Waals surface area contributed by atoms with E-state index in [9.17, 15) is 14.9 Å². The maximum atomic E-state index is 12.7. The Bertz CT molecular complexity index is 1290. The Labute approximate surface area is 189 Å². The van der Waals surface area contributed by atoms with E-state index >= 15 is 0 Å². The molecule has 3 aromatic carbocycles. The predicted octanol–water partition coefficient (Wildman–Crippen LogP) is 7.08.